The summed E-state index contributed by atoms with van der Waals surface area (Å²) in [7, 11) is -4.02. The van der Waals surface area contributed by atoms with E-state index in [-0.39, 0.29) is 16.2 Å². The van der Waals surface area contributed by atoms with E-state index in [9.17, 15) is 18.3 Å². The van der Waals surface area contributed by atoms with Crippen LogP contribution in [-0.2, 0) is 10.1 Å². The average molecular weight is 360 g/mol. The van der Waals surface area contributed by atoms with Crippen molar-refractivity contribution in [2.75, 3.05) is 0 Å². The molecule has 130 valence electrons. The first-order valence-electron chi connectivity index (χ1n) is 7.17. The minimum absolute atomic E-state index is 0.0660. The number of benzene rings is 3. The molecule has 0 saturated heterocycles. The van der Waals surface area contributed by atoms with Crippen molar-refractivity contribution in [2.45, 2.75) is 11.8 Å². The lowest BCUT2D eigenvalue weighted by atomic mass is 10.1. The van der Waals surface area contributed by atoms with E-state index in [4.69, 9.17) is 9.66 Å². The van der Waals surface area contributed by atoms with Gasteiger partial charge in [0.05, 0.1) is 4.90 Å². The van der Waals surface area contributed by atoms with Gasteiger partial charge in [-0.05, 0) is 42.0 Å². The molecule has 3 rings (SSSR count). The van der Waals surface area contributed by atoms with Gasteiger partial charge >= 0.3 is 5.97 Å². The molecule has 3 aromatic rings. The monoisotopic (exact) mass is 360 g/mol. The molecule has 0 heterocycles. The second-order valence-corrected chi connectivity index (χ2v) is 6.73. The number of fused-ring (bicyclic) bond motifs is 1. The van der Waals surface area contributed by atoms with Crippen LogP contribution in [0.2, 0.25) is 0 Å². The molecule has 25 heavy (non-hydrogen) atoms. The second-order valence-electron chi connectivity index (χ2n) is 5.31. The Morgan fingerprint density at radius 1 is 0.920 bits per heavy atom. The van der Waals surface area contributed by atoms with Gasteiger partial charge in [0.15, 0.2) is 0 Å². The Labute approximate surface area is 144 Å². The highest BCUT2D eigenvalue weighted by atomic mass is 32.2. The van der Waals surface area contributed by atoms with Gasteiger partial charge in [0, 0.05) is 0 Å². The van der Waals surface area contributed by atoms with Gasteiger partial charge in [-0.3, -0.25) is 4.55 Å². The van der Waals surface area contributed by atoms with Gasteiger partial charge in [-0.25, -0.2) is 4.79 Å². The van der Waals surface area contributed by atoms with Crippen molar-refractivity contribution in [1.82, 2.24) is 0 Å². The third-order valence-corrected chi connectivity index (χ3v) is 4.28. The Hall–Kier alpha value is -2.90. The zero-order valence-electron chi connectivity index (χ0n) is 13.2. The number of aryl methyl sites for hydroxylation is 1. The van der Waals surface area contributed by atoms with Crippen molar-refractivity contribution in [3.05, 3.63) is 71.8 Å². The van der Waals surface area contributed by atoms with Crippen molar-refractivity contribution in [3.63, 3.8) is 0 Å². The summed E-state index contributed by atoms with van der Waals surface area (Å²) in [6.45, 7) is 1.84. The van der Waals surface area contributed by atoms with Crippen LogP contribution in [0.1, 0.15) is 15.9 Å². The number of rotatable bonds is 2. The molecule has 0 aliphatic heterocycles. The number of phenols is 1. The van der Waals surface area contributed by atoms with Gasteiger partial charge < -0.3 is 10.2 Å². The molecular weight excluding hydrogens is 344 g/mol. The van der Waals surface area contributed by atoms with Crippen molar-refractivity contribution >= 4 is 26.9 Å². The highest BCUT2D eigenvalue weighted by Crippen LogP contribution is 2.24. The Morgan fingerprint density at radius 3 is 1.92 bits per heavy atom. The van der Waals surface area contributed by atoms with Crippen LogP contribution in [-0.4, -0.2) is 29.2 Å². The predicted molar refractivity (Wildman–Crippen MR) is 93.6 cm³/mol. The van der Waals surface area contributed by atoms with Gasteiger partial charge in [0.2, 0.25) is 0 Å². The van der Waals surface area contributed by atoms with E-state index in [1.165, 1.54) is 24.3 Å². The fraction of sp³-hybridized carbons (Fsp3) is 0.0556. The first-order valence-corrected chi connectivity index (χ1v) is 8.61. The van der Waals surface area contributed by atoms with Crippen LogP contribution in [0.25, 0.3) is 10.8 Å². The Bertz CT molecular complexity index is 1010. The van der Waals surface area contributed by atoms with E-state index < -0.39 is 16.1 Å². The lowest BCUT2D eigenvalue weighted by Crippen LogP contribution is -1.96. The maximum absolute atomic E-state index is 10.7. The van der Waals surface area contributed by atoms with Gasteiger partial charge in [-0.1, -0.05) is 42.0 Å². The fourth-order valence-electron chi connectivity index (χ4n) is 2.11. The van der Waals surface area contributed by atoms with E-state index in [2.05, 4.69) is 0 Å². The van der Waals surface area contributed by atoms with E-state index in [1.807, 2.05) is 25.1 Å². The van der Waals surface area contributed by atoms with Crippen molar-refractivity contribution in [1.29, 1.82) is 0 Å². The quantitative estimate of drug-likeness (QED) is 0.603. The zero-order valence-corrected chi connectivity index (χ0v) is 14.1. The number of carbonyl (C=O) groups is 1. The number of aromatic carboxylic acids is 1. The summed E-state index contributed by atoms with van der Waals surface area (Å²) in [5.74, 6) is -1.32. The molecule has 0 saturated carbocycles. The van der Waals surface area contributed by atoms with E-state index in [0.717, 1.165) is 16.3 Å². The number of hydrogen-bond donors (Lipinski definition) is 3. The van der Waals surface area contributed by atoms with E-state index in [0.29, 0.717) is 0 Å². The van der Waals surface area contributed by atoms with Crippen LogP contribution in [0.3, 0.4) is 0 Å². The summed E-state index contributed by atoms with van der Waals surface area (Å²) in [5, 5.41) is 19.8. The van der Waals surface area contributed by atoms with Gasteiger partial charge in [-0.2, -0.15) is 8.42 Å². The van der Waals surface area contributed by atoms with Crippen LogP contribution >= 0.6 is 0 Å². The Balaban J connectivity index is 0.000000186. The summed E-state index contributed by atoms with van der Waals surface area (Å²) in [5.41, 5.74) is 0.890. The molecule has 0 bridgehead atoms. The molecule has 7 heteroatoms. The second kappa shape index (κ2) is 7.33. The van der Waals surface area contributed by atoms with Crippen LogP contribution < -0.4 is 0 Å². The molecule has 3 N–H and O–H groups in total. The number of aromatic hydroxyl groups is 1. The Kier molecular flexibility index (Phi) is 5.41. The third kappa shape index (κ3) is 4.79. The highest BCUT2D eigenvalue weighted by Gasteiger charge is 2.10. The molecule has 0 aliphatic rings. The molecule has 0 amide bonds. The van der Waals surface area contributed by atoms with Gasteiger partial charge in [-0.15, -0.1) is 0 Å². The summed E-state index contributed by atoms with van der Waals surface area (Å²) in [4.78, 5) is 10.6. The van der Waals surface area contributed by atoms with E-state index >= 15 is 0 Å². The minimum Gasteiger partial charge on any atom is -0.507 e. The molecule has 0 spiro atoms. The molecule has 0 aromatic heterocycles. The highest BCUT2D eigenvalue weighted by molar-refractivity contribution is 7.85. The van der Waals surface area contributed by atoms with Gasteiger partial charge in [0.25, 0.3) is 10.1 Å². The van der Waals surface area contributed by atoms with Crippen LogP contribution in [0.5, 0.6) is 5.75 Å². The summed E-state index contributed by atoms with van der Waals surface area (Å²) in [6.07, 6.45) is 0. The van der Waals surface area contributed by atoms with Crippen molar-refractivity contribution in [2.24, 2.45) is 0 Å². The zero-order chi connectivity index (χ0) is 18.6. The van der Waals surface area contributed by atoms with E-state index in [1.54, 1.807) is 18.2 Å². The normalized spacial score (nSPS) is 10.8. The summed E-state index contributed by atoms with van der Waals surface area (Å²) in [6, 6.07) is 16.2. The maximum atomic E-state index is 10.7. The number of hydrogen-bond acceptors (Lipinski definition) is 4. The number of carboxylic acids is 1. The topological polar surface area (TPSA) is 112 Å². The third-order valence-electron chi connectivity index (χ3n) is 3.41. The maximum Gasteiger partial charge on any atom is 0.339 e. The predicted octanol–water partition coefficient (Wildman–Crippen LogP) is 3.49. The molecule has 0 radical (unpaired) electrons. The molecule has 0 fully saturated rings. The molecule has 0 unspecified atom stereocenters. The Morgan fingerprint density at radius 2 is 1.44 bits per heavy atom. The first-order chi connectivity index (χ1) is 11.7. The molecule has 0 aliphatic carbocycles. The van der Waals surface area contributed by atoms with Gasteiger partial charge in [0.1, 0.15) is 11.3 Å². The number of carboxylic acid groups (broad SMARTS) is 1. The average Bonchev–Trinajstić information content (AvgIpc) is 2.54. The molecule has 0 atom stereocenters. The summed E-state index contributed by atoms with van der Waals surface area (Å²) >= 11 is 0. The SMILES string of the molecule is Cc1ccc(S(=O)(=O)O)cc1.O=C(O)c1cc2ccccc2cc1O. The smallest absolute Gasteiger partial charge is 0.339 e. The fourth-order valence-corrected chi connectivity index (χ4v) is 2.59. The van der Waals surface area contributed by atoms with Crippen LogP contribution in [0, 0.1) is 6.92 Å². The van der Waals surface area contributed by atoms with Crippen LogP contribution in [0.15, 0.2) is 65.6 Å². The largest absolute Gasteiger partial charge is 0.507 e. The van der Waals surface area contributed by atoms with Crippen molar-refractivity contribution in [3.8, 4) is 5.75 Å². The lowest BCUT2D eigenvalue weighted by molar-refractivity contribution is 0.0694. The van der Waals surface area contributed by atoms with Crippen molar-refractivity contribution < 1.29 is 28.0 Å². The lowest BCUT2D eigenvalue weighted by Gasteiger charge is -2.02. The minimum atomic E-state index is -4.02. The summed E-state index contributed by atoms with van der Waals surface area (Å²) < 4.78 is 29.6. The molecular formula is C18H16O6S. The standard InChI is InChI=1S/C11H8O3.C7H8O3S/c12-10-6-8-4-2-1-3-7(8)5-9(10)11(13)14;1-6-2-4-7(5-3-6)11(8,9)10/h1-6,12H,(H,13,14);2-5H,1H3,(H,8,9,10). The molecule has 6 nitrogen and oxygen atoms in total. The molecule has 3 aromatic carbocycles. The first kappa shape index (κ1) is 18.4. The van der Waals surface area contributed by atoms with Crippen LogP contribution in [0.4, 0.5) is 0 Å².